The van der Waals surface area contributed by atoms with Crippen molar-refractivity contribution in [1.29, 1.82) is 0 Å². The minimum atomic E-state index is -0.936. The predicted molar refractivity (Wildman–Crippen MR) is 61.9 cm³/mol. The third-order valence-corrected chi connectivity index (χ3v) is 2.22. The van der Waals surface area contributed by atoms with E-state index in [1.165, 1.54) is 13.0 Å². The average Bonchev–Trinajstić information content (AvgIpc) is 2.22. The van der Waals surface area contributed by atoms with Crippen molar-refractivity contribution in [3.05, 3.63) is 29.6 Å². The van der Waals surface area contributed by atoms with Gasteiger partial charge in [0.25, 0.3) is 0 Å². The van der Waals surface area contributed by atoms with Gasteiger partial charge in [-0.3, -0.25) is 10.1 Å². The Morgan fingerprint density at radius 1 is 1.41 bits per heavy atom. The Morgan fingerprint density at radius 3 is 2.59 bits per heavy atom. The third kappa shape index (κ3) is 3.44. The second-order valence-electron chi connectivity index (χ2n) is 3.65. The van der Waals surface area contributed by atoms with Crippen molar-refractivity contribution in [2.75, 3.05) is 5.32 Å². The first kappa shape index (κ1) is 13.0. The second kappa shape index (κ2) is 5.29. The van der Waals surface area contributed by atoms with E-state index in [0.717, 1.165) is 0 Å². The zero-order chi connectivity index (χ0) is 13.0. The number of para-hydroxylation sites is 1. The van der Waals surface area contributed by atoms with Gasteiger partial charge in [0.05, 0.1) is 5.69 Å². The first-order chi connectivity index (χ1) is 7.91. The molecule has 6 heteroatoms. The number of hydrogen-bond donors (Lipinski definition) is 3. The van der Waals surface area contributed by atoms with Gasteiger partial charge in [0, 0.05) is 0 Å². The molecule has 5 nitrogen and oxygen atoms in total. The summed E-state index contributed by atoms with van der Waals surface area (Å²) in [5.41, 5.74) is 5.72. The number of primary amides is 1. The molecule has 1 rings (SSSR count). The Bertz CT molecular complexity index is 428. The summed E-state index contributed by atoms with van der Waals surface area (Å²) in [5, 5.41) is 4.61. The number of halogens is 1. The maximum atomic E-state index is 13.5. The van der Waals surface area contributed by atoms with Gasteiger partial charge in [0.2, 0.25) is 5.91 Å². The number of hydrogen-bond acceptors (Lipinski definition) is 3. The molecule has 0 bridgehead atoms. The van der Waals surface area contributed by atoms with Crippen molar-refractivity contribution in [2.24, 2.45) is 5.73 Å². The minimum Gasteiger partial charge on any atom is -0.371 e. The fraction of sp³-hybridized carbons (Fsp3) is 0.273. The van der Waals surface area contributed by atoms with Gasteiger partial charge in [0.15, 0.2) is 0 Å². The first-order valence-electron chi connectivity index (χ1n) is 5.03. The second-order valence-corrected chi connectivity index (χ2v) is 3.65. The molecule has 0 saturated heterocycles. The number of nitrogens with two attached hydrogens (primary N) is 1. The van der Waals surface area contributed by atoms with Gasteiger partial charge in [-0.15, -0.1) is 0 Å². The average molecular weight is 239 g/mol. The molecule has 0 radical (unpaired) electrons. The molecule has 0 aromatic heterocycles. The summed E-state index contributed by atoms with van der Waals surface area (Å²) >= 11 is 0. The number of aryl methyl sites for hydroxylation is 1. The summed E-state index contributed by atoms with van der Waals surface area (Å²) in [6.45, 7) is 3.22. The highest BCUT2D eigenvalue weighted by atomic mass is 19.1. The molecule has 1 aromatic carbocycles. The van der Waals surface area contributed by atoms with Crippen LogP contribution in [-0.2, 0) is 4.79 Å². The Morgan fingerprint density at radius 2 is 2.06 bits per heavy atom. The normalized spacial score (nSPS) is 11.7. The lowest BCUT2D eigenvalue weighted by atomic mass is 10.1. The van der Waals surface area contributed by atoms with Gasteiger partial charge in [-0.05, 0) is 25.5 Å². The molecule has 1 aromatic rings. The molecule has 1 atom stereocenters. The largest absolute Gasteiger partial charge is 0.371 e. The number of carbonyl (C=O) groups excluding carboxylic acids is 2. The van der Waals surface area contributed by atoms with Gasteiger partial charge in [-0.2, -0.15) is 0 Å². The molecular weight excluding hydrogens is 225 g/mol. The van der Waals surface area contributed by atoms with E-state index in [4.69, 9.17) is 5.73 Å². The van der Waals surface area contributed by atoms with Crippen molar-refractivity contribution in [1.82, 2.24) is 5.32 Å². The quantitative estimate of drug-likeness (QED) is 0.739. The van der Waals surface area contributed by atoms with E-state index >= 15 is 0 Å². The van der Waals surface area contributed by atoms with E-state index in [1.54, 1.807) is 19.1 Å². The summed E-state index contributed by atoms with van der Waals surface area (Å²) < 4.78 is 13.5. The van der Waals surface area contributed by atoms with Crippen molar-refractivity contribution in [3.8, 4) is 0 Å². The van der Waals surface area contributed by atoms with E-state index in [9.17, 15) is 14.0 Å². The van der Waals surface area contributed by atoms with Crippen LogP contribution in [0.5, 0.6) is 0 Å². The van der Waals surface area contributed by atoms with E-state index in [1.807, 2.05) is 5.32 Å². The highest BCUT2D eigenvalue weighted by molar-refractivity contribution is 5.97. The van der Waals surface area contributed by atoms with Crippen LogP contribution in [0.3, 0.4) is 0 Å². The lowest BCUT2D eigenvalue weighted by Crippen LogP contribution is -2.43. The number of rotatable bonds is 3. The monoisotopic (exact) mass is 239 g/mol. The third-order valence-electron chi connectivity index (χ3n) is 2.22. The van der Waals surface area contributed by atoms with Crippen LogP contribution in [0.1, 0.15) is 12.5 Å². The highest BCUT2D eigenvalue weighted by Crippen LogP contribution is 2.19. The first-order valence-corrected chi connectivity index (χ1v) is 5.03. The van der Waals surface area contributed by atoms with Crippen LogP contribution in [-0.4, -0.2) is 18.0 Å². The van der Waals surface area contributed by atoms with Crippen molar-refractivity contribution >= 4 is 17.6 Å². The van der Waals surface area contributed by atoms with Crippen LogP contribution in [0.25, 0.3) is 0 Å². The SMILES string of the molecule is Cc1cccc(F)c1NC(C)C(=O)NC(N)=O. The number of anilines is 1. The van der Waals surface area contributed by atoms with E-state index in [0.29, 0.717) is 5.56 Å². The number of amides is 3. The van der Waals surface area contributed by atoms with Crippen molar-refractivity contribution in [2.45, 2.75) is 19.9 Å². The number of urea groups is 1. The predicted octanol–water partition coefficient (Wildman–Crippen LogP) is 1.13. The zero-order valence-corrected chi connectivity index (χ0v) is 9.58. The maximum Gasteiger partial charge on any atom is 0.318 e. The molecule has 0 saturated carbocycles. The fourth-order valence-corrected chi connectivity index (χ4v) is 1.33. The van der Waals surface area contributed by atoms with E-state index < -0.39 is 23.8 Å². The standard InChI is InChI=1S/C11H14FN3O2/c1-6-4-3-5-8(12)9(6)14-7(2)10(16)15-11(13)17/h3-5,7,14H,1-2H3,(H3,13,15,16,17). The van der Waals surface area contributed by atoms with Crippen molar-refractivity contribution in [3.63, 3.8) is 0 Å². The minimum absolute atomic E-state index is 0.236. The molecule has 0 heterocycles. The number of carbonyl (C=O) groups is 2. The molecular formula is C11H14FN3O2. The number of benzene rings is 1. The van der Waals surface area contributed by atoms with Gasteiger partial charge < -0.3 is 11.1 Å². The molecule has 92 valence electrons. The fourth-order valence-electron chi connectivity index (χ4n) is 1.33. The summed E-state index contributed by atoms with van der Waals surface area (Å²) in [7, 11) is 0. The van der Waals surface area contributed by atoms with E-state index in [-0.39, 0.29) is 5.69 Å². The van der Waals surface area contributed by atoms with Crippen LogP contribution in [0.4, 0.5) is 14.9 Å². The Kier molecular flexibility index (Phi) is 4.03. The molecule has 0 aliphatic carbocycles. The van der Waals surface area contributed by atoms with Gasteiger partial charge in [0.1, 0.15) is 11.9 Å². The number of nitrogens with one attached hydrogen (secondary N) is 2. The lowest BCUT2D eigenvalue weighted by Gasteiger charge is -2.16. The molecule has 0 fully saturated rings. The van der Waals surface area contributed by atoms with Crippen LogP contribution in [0.2, 0.25) is 0 Å². The highest BCUT2D eigenvalue weighted by Gasteiger charge is 2.16. The molecule has 0 aliphatic heterocycles. The maximum absolute atomic E-state index is 13.5. The smallest absolute Gasteiger partial charge is 0.318 e. The zero-order valence-electron chi connectivity index (χ0n) is 9.58. The Balaban J connectivity index is 2.77. The molecule has 0 aliphatic rings. The van der Waals surface area contributed by atoms with Crippen LogP contribution < -0.4 is 16.4 Å². The van der Waals surface area contributed by atoms with E-state index in [2.05, 4.69) is 5.32 Å². The summed E-state index contributed by atoms with van der Waals surface area (Å²) in [5.74, 6) is -1.07. The topological polar surface area (TPSA) is 84.2 Å². The number of imide groups is 1. The summed E-state index contributed by atoms with van der Waals surface area (Å²) in [4.78, 5) is 21.9. The molecule has 1 unspecified atom stereocenters. The van der Waals surface area contributed by atoms with Crippen LogP contribution in [0, 0.1) is 12.7 Å². The summed E-state index contributed by atoms with van der Waals surface area (Å²) in [6.07, 6.45) is 0. The van der Waals surface area contributed by atoms with Gasteiger partial charge >= 0.3 is 6.03 Å². The van der Waals surface area contributed by atoms with Gasteiger partial charge in [-0.1, -0.05) is 12.1 Å². The molecule has 4 N–H and O–H groups in total. The van der Waals surface area contributed by atoms with Gasteiger partial charge in [-0.25, -0.2) is 9.18 Å². The molecule has 17 heavy (non-hydrogen) atoms. The summed E-state index contributed by atoms with van der Waals surface area (Å²) in [6, 6.07) is 2.87. The lowest BCUT2D eigenvalue weighted by molar-refractivity contribution is -0.120. The van der Waals surface area contributed by atoms with Crippen molar-refractivity contribution < 1.29 is 14.0 Å². The van der Waals surface area contributed by atoms with Crippen LogP contribution >= 0.6 is 0 Å². The molecule has 3 amide bonds. The Hall–Kier alpha value is -2.11. The Labute approximate surface area is 98.2 Å². The van der Waals surface area contributed by atoms with Crippen LogP contribution in [0.15, 0.2) is 18.2 Å². The molecule has 0 spiro atoms.